The molecule has 0 saturated carbocycles. The number of guanidine groups is 1. The lowest BCUT2D eigenvalue weighted by Gasteiger charge is -2.29. The average Bonchev–Trinajstić information content (AvgIpc) is 3.14. The second-order valence-electron chi connectivity index (χ2n) is 7.35. The maximum Gasteiger partial charge on any atom is 0.387 e. The van der Waals surface area contributed by atoms with Crippen molar-refractivity contribution in [1.29, 1.82) is 0 Å². The molecular weight excluding hydrogens is 382 g/mol. The quantitative estimate of drug-likeness (QED) is 0.506. The van der Waals surface area contributed by atoms with E-state index >= 15 is 0 Å². The summed E-state index contributed by atoms with van der Waals surface area (Å²) in [4.78, 5) is 6.90. The Hall–Kier alpha value is -2.29. The molecule has 9 heteroatoms. The molecule has 1 aromatic carbocycles. The maximum absolute atomic E-state index is 12.8. The number of halogens is 2. The van der Waals surface area contributed by atoms with Gasteiger partial charge in [0, 0.05) is 24.7 Å². The van der Waals surface area contributed by atoms with Gasteiger partial charge in [0.15, 0.2) is 17.5 Å². The molecular formula is C20H30F2N4O3. The highest BCUT2D eigenvalue weighted by atomic mass is 19.3. The van der Waals surface area contributed by atoms with Crippen LogP contribution in [0.3, 0.4) is 0 Å². The number of nitrogens with zero attached hydrogens (tertiary/aromatic N) is 2. The van der Waals surface area contributed by atoms with Gasteiger partial charge in [-0.25, -0.2) is 4.99 Å². The molecule has 2 aliphatic heterocycles. The van der Waals surface area contributed by atoms with Gasteiger partial charge >= 0.3 is 6.61 Å². The lowest BCUT2D eigenvalue weighted by atomic mass is 9.94. The predicted molar refractivity (Wildman–Crippen MR) is 107 cm³/mol. The first-order chi connectivity index (χ1) is 14.0. The highest BCUT2D eigenvalue weighted by molar-refractivity contribution is 5.79. The Morgan fingerprint density at radius 3 is 2.66 bits per heavy atom. The van der Waals surface area contributed by atoms with E-state index in [0.29, 0.717) is 29.6 Å². The van der Waals surface area contributed by atoms with Gasteiger partial charge in [0.1, 0.15) is 5.75 Å². The monoisotopic (exact) mass is 412 g/mol. The Bertz CT molecular complexity index is 695. The number of nitrogens with one attached hydrogen (secondary N) is 2. The summed E-state index contributed by atoms with van der Waals surface area (Å²) < 4.78 is 40.8. The van der Waals surface area contributed by atoms with E-state index in [0.717, 1.165) is 32.0 Å². The highest BCUT2D eigenvalue weighted by Crippen LogP contribution is 2.39. The molecule has 7 nitrogen and oxygen atoms in total. The average molecular weight is 412 g/mol. The molecule has 1 saturated heterocycles. The number of hydrogen-bond donors (Lipinski definition) is 2. The molecule has 1 fully saturated rings. The van der Waals surface area contributed by atoms with Gasteiger partial charge in [-0.3, -0.25) is 0 Å². The van der Waals surface area contributed by atoms with Crippen molar-refractivity contribution in [3.63, 3.8) is 0 Å². The Morgan fingerprint density at radius 1 is 1.24 bits per heavy atom. The summed E-state index contributed by atoms with van der Waals surface area (Å²) in [6.07, 6.45) is 3.52. The van der Waals surface area contributed by atoms with Crippen LogP contribution in [0.25, 0.3) is 0 Å². The summed E-state index contributed by atoms with van der Waals surface area (Å²) in [7, 11) is 2.16. The number of rotatable bonds is 8. The first kappa shape index (κ1) is 21.4. The van der Waals surface area contributed by atoms with Crippen LogP contribution in [0.2, 0.25) is 0 Å². The highest BCUT2D eigenvalue weighted by Gasteiger charge is 2.20. The molecule has 3 rings (SSSR count). The number of fused-ring (bicyclic) bond motifs is 1. The van der Waals surface area contributed by atoms with Crippen molar-refractivity contribution >= 4 is 5.96 Å². The van der Waals surface area contributed by atoms with E-state index in [1.807, 2.05) is 6.92 Å². The molecule has 2 N–H and O–H groups in total. The number of alkyl halides is 2. The van der Waals surface area contributed by atoms with Crippen LogP contribution in [-0.4, -0.2) is 57.5 Å². The number of benzene rings is 1. The van der Waals surface area contributed by atoms with E-state index in [1.165, 1.54) is 18.9 Å². The Kier molecular flexibility index (Phi) is 7.74. The zero-order valence-corrected chi connectivity index (χ0v) is 17.0. The molecule has 1 aromatic rings. The SMILES string of the molecule is CCNC(=NCc1cc2c(cc1OC(F)F)OCO2)NCCC1CCN(C)CC1. The molecule has 0 amide bonds. The van der Waals surface area contributed by atoms with Gasteiger partial charge in [0.2, 0.25) is 6.79 Å². The third kappa shape index (κ3) is 6.35. The predicted octanol–water partition coefficient (Wildman–Crippen LogP) is 2.80. The molecule has 162 valence electrons. The number of piperidine rings is 1. The Balaban J connectivity index is 1.60. The van der Waals surface area contributed by atoms with Crippen LogP contribution in [0, 0.1) is 5.92 Å². The normalized spacial score (nSPS) is 17.6. The van der Waals surface area contributed by atoms with E-state index < -0.39 is 6.61 Å². The number of hydrogen-bond acceptors (Lipinski definition) is 5. The van der Waals surface area contributed by atoms with Gasteiger partial charge in [-0.15, -0.1) is 0 Å². The van der Waals surface area contributed by atoms with Gasteiger partial charge in [0.25, 0.3) is 0 Å². The van der Waals surface area contributed by atoms with Crippen LogP contribution in [-0.2, 0) is 6.54 Å². The summed E-state index contributed by atoms with van der Waals surface area (Å²) in [5.74, 6) is 2.34. The second-order valence-corrected chi connectivity index (χ2v) is 7.35. The molecule has 0 aromatic heterocycles. The molecule has 0 aliphatic carbocycles. The molecule has 0 unspecified atom stereocenters. The zero-order chi connectivity index (χ0) is 20.6. The van der Waals surface area contributed by atoms with Crippen LogP contribution in [0.5, 0.6) is 17.2 Å². The van der Waals surface area contributed by atoms with Gasteiger partial charge < -0.3 is 29.7 Å². The Morgan fingerprint density at radius 2 is 1.97 bits per heavy atom. The van der Waals surface area contributed by atoms with Crippen molar-refractivity contribution in [3.8, 4) is 17.2 Å². The molecule has 2 aliphatic rings. The summed E-state index contributed by atoms with van der Waals surface area (Å²) in [6, 6.07) is 3.07. The second kappa shape index (κ2) is 10.5. The van der Waals surface area contributed by atoms with Crippen molar-refractivity contribution in [1.82, 2.24) is 15.5 Å². The minimum atomic E-state index is -2.92. The van der Waals surface area contributed by atoms with Crippen molar-refractivity contribution in [2.75, 3.05) is 40.0 Å². The summed E-state index contributed by atoms with van der Waals surface area (Å²) in [5.41, 5.74) is 0.516. The largest absolute Gasteiger partial charge is 0.454 e. The van der Waals surface area contributed by atoms with E-state index in [1.54, 1.807) is 6.07 Å². The minimum Gasteiger partial charge on any atom is -0.454 e. The molecule has 2 heterocycles. The van der Waals surface area contributed by atoms with Crippen molar-refractivity contribution in [2.24, 2.45) is 10.9 Å². The lowest BCUT2D eigenvalue weighted by molar-refractivity contribution is -0.0505. The van der Waals surface area contributed by atoms with E-state index in [-0.39, 0.29) is 19.1 Å². The third-order valence-electron chi connectivity index (χ3n) is 5.21. The fourth-order valence-electron chi connectivity index (χ4n) is 3.55. The molecule has 0 bridgehead atoms. The number of ether oxygens (including phenoxy) is 3. The minimum absolute atomic E-state index is 0.0511. The summed E-state index contributed by atoms with van der Waals surface area (Å²) in [6.45, 7) is 3.15. The topological polar surface area (TPSA) is 67.4 Å². The summed E-state index contributed by atoms with van der Waals surface area (Å²) in [5, 5.41) is 6.54. The lowest BCUT2D eigenvalue weighted by Crippen LogP contribution is -2.39. The van der Waals surface area contributed by atoms with Crippen LogP contribution >= 0.6 is 0 Å². The molecule has 29 heavy (non-hydrogen) atoms. The van der Waals surface area contributed by atoms with Crippen molar-refractivity contribution in [3.05, 3.63) is 17.7 Å². The maximum atomic E-state index is 12.8. The van der Waals surface area contributed by atoms with Gasteiger partial charge in [0.05, 0.1) is 6.54 Å². The van der Waals surface area contributed by atoms with E-state index in [9.17, 15) is 8.78 Å². The first-order valence-electron chi connectivity index (χ1n) is 10.1. The van der Waals surface area contributed by atoms with Crippen LogP contribution < -0.4 is 24.8 Å². The van der Waals surface area contributed by atoms with Crippen LogP contribution in [0.1, 0.15) is 31.7 Å². The fourth-order valence-corrected chi connectivity index (χ4v) is 3.55. The smallest absolute Gasteiger partial charge is 0.387 e. The van der Waals surface area contributed by atoms with Gasteiger partial charge in [-0.1, -0.05) is 0 Å². The fraction of sp³-hybridized carbons (Fsp3) is 0.650. The first-order valence-corrected chi connectivity index (χ1v) is 10.1. The number of likely N-dealkylation sites (tertiary alicyclic amines) is 1. The standard InChI is InChI=1S/C20H30F2N4O3/c1-3-23-20(24-7-4-14-5-8-26(2)9-6-14)25-12-15-10-17-18(28-13-27-17)11-16(15)29-19(21)22/h10-11,14,19H,3-9,12-13H2,1-2H3,(H2,23,24,25). The van der Waals surface area contributed by atoms with Crippen molar-refractivity contribution in [2.45, 2.75) is 39.3 Å². The molecule has 0 atom stereocenters. The third-order valence-corrected chi connectivity index (χ3v) is 5.21. The Labute approximate surface area is 170 Å². The zero-order valence-electron chi connectivity index (χ0n) is 17.0. The number of aliphatic imine (C=N–C) groups is 1. The van der Waals surface area contributed by atoms with Crippen LogP contribution in [0.15, 0.2) is 17.1 Å². The van der Waals surface area contributed by atoms with Crippen molar-refractivity contribution < 1.29 is 23.0 Å². The van der Waals surface area contributed by atoms with Gasteiger partial charge in [-0.05, 0) is 58.3 Å². The molecule has 0 radical (unpaired) electrons. The van der Waals surface area contributed by atoms with E-state index in [4.69, 9.17) is 9.47 Å². The molecule has 0 spiro atoms. The van der Waals surface area contributed by atoms with Crippen LogP contribution in [0.4, 0.5) is 8.78 Å². The van der Waals surface area contributed by atoms with Gasteiger partial charge in [-0.2, -0.15) is 8.78 Å². The van der Waals surface area contributed by atoms with E-state index in [2.05, 4.69) is 32.3 Å². The summed E-state index contributed by atoms with van der Waals surface area (Å²) >= 11 is 0.